The Morgan fingerprint density at radius 1 is 1.04 bits per heavy atom. The number of amides is 1. The SMILES string of the molecule is O=C(COc1ccc(Cl)c2ccccc12)Nc1cccc(F)c1. The van der Waals surface area contributed by atoms with Crippen LogP contribution in [0.2, 0.25) is 5.02 Å². The van der Waals surface area contributed by atoms with Crippen LogP contribution in [-0.2, 0) is 4.79 Å². The maximum Gasteiger partial charge on any atom is 0.262 e. The molecule has 0 aliphatic heterocycles. The minimum Gasteiger partial charge on any atom is -0.483 e. The summed E-state index contributed by atoms with van der Waals surface area (Å²) in [6, 6.07) is 16.7. The molecule has 0 bridgehead atoms. The van der Waals surface area contributed by atoms with Crippen molar-refractivity contribution in [2.75, 3.05) is 11.9 Å². The molecule has 3 aromatic carbocycles. The quantitative estimate of drug-likeness (QED) is 0.756. The molecular formula is C18H13ClFNO2. The zero-order valence-electron chi connectivity index (χ0n) is 12.1. The predicted octanol–water partition coefficient (Wildman–Crippen LogP) is 4.65. The highest BCUT2D eigenvalue weighted by Crippen LogP contribution is 2.31. The first-order chi connectivity index (χ1) is 11.1. The van der Waals surface area contributed by atoms with Crippen molar-refractivity contribution in [1.29, 1.82) is 0 Å². The van der Waals surface area contributed by atoms with Gasteiger partial charge in [-0.15, -0.1) is 0 Å². The van der Waals surface area contributed by atoms with Gasteiger partial charge in [-0.3, -0.25) is 4.79 Å². The van der Waals surface area contributed by atoms with Gasteiger partial charge in [0, 0.05) is 21.5 Å². The van der Waals surface area contributed by atoms with Crippen LogP contribution in [0, 0.1) is 5.82 Å². The lowest BCUT2D eigenvalue weighted by atomic mass is 10.1. The third kappa shape index (κ3) is 3.60. The number of carbonyl (C=O) groups excluding carboxylic acids is 1. The van der Waals surface area contributed by atoms with Crippen molar-refractivity contribution in [2.24, 2.45) is 0 Å². The number of carbonyl (C=O) groups is 1. The third-order valence-electron chi connectivity index (χ3n) is 3.30. The molecule has 0 radical (unpaired) electrons. The Balaban J connectivity index is 1.71. The van der Waals surface area contributed by atoms with Crippen LogP contribution in [0.15, 0.2) is 60.7 Å². The summed E-state index contributed by atoms with van der Waals surface area (Å²) < 4.78 is 18.7. The fourth-order valence-corrected chi connectivity index (χ4v) is 2.49. The molecule has 0 saturated heterocycles. The summed E-state index contributed by atoms with van der Waals surface area (Å²) >= 11 is 6.14. The van der Waals surface area contributed by atoms with Crippen molar-refractivity contribution in [1.82, 2.24) is 0 Å². The van der Waals surface area contributed by atoms with Gasteiger partial charge in [0.15, 0.2) is 6.61 Å². The van der Waals surface area contributed by atoms with Crippen molar-refractivity contribution in [3.05, 3.63) is 71.5 Å². The normalized spacial score (nSPS) is 10.5. The number of anilines is 1. The summed E-state index contributed by atoms with van der Waals surface area (Å²) in [6.07, 6.45) is 0. The van der Waals surface area contributed by atoms with Crippen LogP contribution in [0.1, 0.15) is 0 Å². The highest BCUT2D eigenvalue weighted by atomic mass is 35.5. The number of fused-ring (bicyclic) bond motifs is 1. The maximum atomic E-state index is 13.1. The summed E-state index contributed by atoms with van der Waals surface area (Å²) in [5.41, 5.74) is 0.388. The van der Waals surface area contributed by atoms with Gasteiger partial charge >= 0.3 is 0 Å². The molecule has 0 saturated carbocycles. The standard InChI is InChI=1S/C18H13ClFNO2/c19-16-8-9-17(15-7-2-1-6-14(15)16)23-11-18(22)21-13-5-3-4-12(20)10-13/h1-10H,11H2,(H,21,22). The summed E-state index contributed by atoms with van der Waals surface area (Å²) in [4.78, 5) is 11.9. The lowest BCUT2D eigenvalue weighted by molar-refractivity contribution is -0.118. The van der Waals surface area contributed by atoms with E-state index in [1.807, 2.05) is 24.3 Å². The minimum absolute atomic E-state index is 0.178. The van der Waals surface area contributed by atoms with Gasteiger partial charge in [0.2, 0.25) is 0 Å². The second-order valence-corrected chi connectivity index (χ2v) is 5.35. The summed E-state index contributed by atoms with van der Waals surface area (Å²) in [7, 11) is 0. The van der Waals surface area contributed by atoms with Gasteiger partial charge in [-0.2, -0.15) is 0 Å². The van der Waals surface area contributed by atoms with Crippen LogP contribution in [0.5, 0.6) is 5.75 Å². The van der Waals surface area contributed by atoms with E-state index in [1.165, 1.54) is 18.2 Å². The van der Waals surface area contributed by atoms with Crippen LogP contribution in [-0.4, -0.2) is 12.5 Å². The van der Waals surface area contributed by atoms with E-state index in [-0.39, 0.29) is 12.5 Å². The molecule has 0 aliphatic rings. The van der Waals surface area contributed by atoms with E-state index in [1.54, 1.807) is 18.2 Å². The number of nitrogens with one attached hydrogen (secondary N) is 1. The van der Waals surface area contributed by atoms with Gasteiger partial charge in [0.1, 0.15) is 11.6 Å². The molecule has 1 N–H and O–H groups in total. The second-order valence-electron chi connectivity index (χ2n) is 4.94. The molecule has 0 heterocycles. The molecule has 116 valence electrons. The van der Waals surface area contributed by atoms with Gasteiger partial charge < -0.3 is 10.1 Å². The first-order valence-corrected chi connectivity index (χ1v) is 7.37. The van der Waals surface area contributed by atoms with Crippen molar-refractivity contribution in [3.63, 3.8) is 0 Å². The Morgan fingerprint density at radius 2 is 1.83 bits per heavy atom. The van der Waals surface area contributed by atoms with Crippen molar-refractivity contribution < 1.29 is 13.9 Å². The Hall–Kier alpha value is -2.59. The summed E-state index contributed by atoms with van der Waals surface area (Å²) in [5.74, 6) is -0.207. The van der Waals surface area contributed by atoms with E-state index in [4.69, 9.17) is 16.3 Å². The van der Waals surface area contributed by atoms with Crippen molar-refractivity contribution in [3.8, 4) is 5.75 Å². The zero-order chi connectivity index (χ0) is 16.2. The van der Waals surface area contributed by atoms with Gasteiger partial charge in [-0.1, -0.05) is 41.9 Å². The molecule has 3 aromatic rings. The average molecular weight is 330 g/mol. The zero-order valence-corrected chi connectivity index (χ0v) is 12.8. The third-order valence-corrected chi connectivity index (χ3v) is 3.63. The average Bonchev–Trinajstić information content (AvgIpc) is 2.54. The molecule has 23 heavy (non-hydrogen) atoms. The number of benzene rings is 3. The molecule has 1 amide bonds. The van der Waals surface area contributed by atoms with E-state index in [0.29, 0.717) is 16.5 Å². The van der Waals surface area contributed by atoms with Gasteiger partial charge in [-0.25, -0.2) is 4.39 Å². The lowest BCUT2D eigenvalue weighted by Crippen LogP contribution is -2.20. The number of ether oxygens (including phenoxy) is 1. The molecule has 3 nitrogen and oxygen atoms in total. The van der Waals surface area contributed by atoms with E-state index in [0.717, 1.165) is 10.8 Å². The highest BCUT2D eigenvalue weighted by molar-refractivity contribution is 6.35. The van der Waals surface area contributed by atoms with Crippen molar-refractivity contribution >= 4 is 34.0 Å². The fraction of sp³-hybridized carbons (Fsp3) is 0.0556. The summed E-state index contributed by atoms with van der Waals surface area (Å²) in [6.45, 7) is -0.178. The summed E-state index contributed by atoms with van der Waals surface area (Å²) in [5, 5.41) is 4.90. The number of halogens is 2. The van der Waals surface area contributed by atoms with E-state index >= 15 is 0 Å². The molecule has 0 unspecified atom stereocenters. The van der Waals surface area contributed by atoms with Crippen LogP contribution >= 0.6 is 11.6 Å². The second kappa shape index (κ2) is 6.67. The van der Waals surface area contributed by atoms with Crippen LogP contribution in [0.4, 0.5) is 10.1 Å². The molecular weight excluding hydrogens is 317 g/mol. The highest BCUT2D eigenvalue weighted by Gasteiger charge is 2.08. The Bertz CT molecular complexity index is 867. The number of hydrogen-bond acceptors (Lipinski definition) is 2. The number of rotatable bonds is 4. The monoisotopic (exact) mass is 329 g/mol. The van der Waals surface area contributed by atoms with Crippen LogP contribution < -0.4 is 10.1 Å². The first kappa shape index (κ1) is 15.3. The van der Waals surface area contributed by atoms with Crippen LogP contribution in [0.3, 0.4) is 0 Å². The van der Waals surface area contributed by atoms with Crippen LogP contribution in [0.25, 0.3) is 10.8 Å². The maximum absolute atomic E-state index is 13.1. The van der Waals surface area contributed by atoms with Gasteiger partial charge in [0.25, 0.3) is 5.91 Å². The number of hydrogen-bond donors (Lipinski definition) is 1. The molecule has 0 aliphatic carbocycles. The Kier molecular flexibility index (Phi) is 4.44. The van der Waals surface area contributed by atoms with Gasteiger partial charge in [-0.05, 0) is 30.3 Å². The predicted molar refractivity (Wildman–Crippen MR) is 89.5 cm³/mol. The van der Waals surface area contributed by atoms with E-state index in [2.05, 4.69) is 5.32 Å². The fourth-order valence-electron chi connectivity index (χ4n) is 2.27. The van der Waals surface area contributed by atoms with E-state index in [9.17, 15) is 9.18 Å². The Labute approximate surface area is 137 Å². The minimum atomic E-state index is -0.410. The van der Waals surface area contributed by atoms with Gasteiger partial charge in [0.05, 0.1) is 0 Å². The first-order valence-electron chi connectivity index (χ1n) is 6.99. The molecule has 0 atom stereocenters. The van der Waals surface area contributed by atoms with Crippen molar-refractivity contribution in [2.45, 2.75) is 0 Å². The smallest absolute Gasteiger partial charge is 0.262 e. The van der Waals surface area contributed by atoms with E-state index < -0.39 is 5.82 Å². The molecule has 0 aromatic heterocycles. The topological polar surface area (TPSA) is 38.3 Å². The molecule has 0 fully saturated rings. The Morgan fingerprint density at radius 3 is 2.61 bits per heavy atom. The lowest BCUT2D eigenvalue weighted by Gasteiger charge is -2.10. The largest absolute Gasteiger partial charge is 0.483 e. The molecule has 3 rings (SSSR count). The molecule has 0 spiro atoms. The molecule has 5 heteroatoms.